The molecule has 1 saturated heterocycles. The third kappa shape index (κ3) is 4.44. The first kappa shape index (κ1) is 17.6. The molecule has 25 heavy (non-hydrogen) atoms. The van der Waals surface area contributed by atoms with Gasteiger partial charge in [-0.05, 0) is 37.5 Å². The van der Waals surface area contributed by atoms with Crippen LogP contribution in [-0.4, -0.2) is 61.1 Å². The van der Waals surface area contributed by atoms with Crippen molar-refractivity contribution in [3.63, 3.8) is 0 Å². The van der Waals surface area contributed by atoms with Crippen molar-refractivity contribution in [2.75, 3.05) is 33.3 Å². The molecule has 136 valence electrons. The number of hydrogen-bond acceptors (Lipinski definition) is 3. The molecule has 1 saturated carbocycles. The van der Waals surface area contributed by atoms with Crippen molar-refractivity contribution in [3.8, 4) is 5.75 Å². The highest BCUT2D eigenvalue weighted by atomic mass is 16.5. The average Bonchev–Trinajstić information content (AvgIpc) is 3.02. The zero-order valence-electron chi connectivity index (χ0n) is 14.9. The van der Waals surface area contributed by atoms with E-state index in [0.717, 1.165) is 19.3 Å². The van der Waals surface area contributed by atoms with Gasteiger partial charge in [-0.2, -0.15) is 0 Å². The molecular formula is C19H27N3O3. The Balaban J connectivity index is 1.57. The number of nitrogens with zero attached hydrogens (tertiary/aromatic N) is 2. The van der Waals surface area contributed by atoms with Crippen LogP contribution in [0.5, 0.6) is 5.75 Å². The number of rotatable bonds is 3. The van der Waals surface area contributed by atoms with E-state index in [1.54, 1.807) is 19.2 Å². The van der Waals surface area contributed by atoms with E-state index < -0.39 is 0 Å². The molecule has 0 spiro atoms. The van der Waals surface area contributed by atoms with Gasteiger partial charge in [0, 0.05) is 37.8 Å². The van der Waals surface area contributed by atoms with Crippen LogP contribution in [0.3, 0.4) is 0 Å². The molecule has 6 heteroatoms. The zero-order valence-corrected chi connectivity index (χ0v) is 14.9. The van der Waals surface area contributed by atoms with E-state index in [-0.39, 0.29) is 11.9 Å². The fourth-order valence-corrected chi connectivity index (χ4v) is 3.60. The molecule has 0 radical (unpaired) electrons. The quantitative estimate of drug-likeness (QED) is 0.915. The van der Waals surface area contributed by atoms with Crippen molar-refractivity contribution in [1.82, 2.24) is 15.1 Å². The summed E-state index contributed by atoms with van der Waals surface area (Å²) in [6.07, 6.45) is 5.37. The Bertz CT molecular complexity index is 614. The normalized spacial score (nSPS) is 18.8. The van der Waals surface area contributed by atoms with Crippen LogP contribution in [0.4, 0.5) is 4.79 Å². The lowest BCUT2D eigenvalue weighted by Crippen LogP contribution is -2.45. The molecule has 1 aliphatic heterocycles. The van der Waals surface area contributed by atoms with Crippen LogP contribution >= 0.6 is 0 Å². The molecule has 1 aliphatic carbocycles. The Morgan fingerprint density at radius 3 is 2.52 bits per heavy atom. The zero-order chi connectivity index (χ0) is 17.6. The van der Waals surface area contributed by atoms with Crippen LogP contribution in [0, 0.1) is 0 Å². The molecule has 1 aromatic carbocycles. The maximum absolute atomic E-state index is 12.7. The number of nitrogens with one attached hydrogen (secondary N) is 1. The van der Waals surface area contributed by atoms with Crippen molar-refractivity contribution < 1.29 is 14.3 Å². The largest absolute Gasteiger partial charge is 0.497 e. The topological polar surface area (TPSA) is 61.9 Å². The molecule has 0 bridgehead atoms. The van der Waals surface area contributed by atoms with Crippen molar-refractivity contribution >= 4 is 11.9 Å². The van der Waals surface area contributed by atoms with Gasteiger partial charge in [-0.3, -0.25) is 4.79 Å². The van der Waals surface area contributed by atoms with E-state index in [0.29, 0.717) is 43.5 Å². The Morgan fingerprint density at radius 1 is 1.04 bits per heavy atom. The minimum Gasteiger partial charge on any atom is -0.497 e. The van der Waals surface area contributed by atoms with Gasteiger partial charge in [-0.15, -0.1) is 0 Å². The monoisotopic (exact) mass is 345 g/mol. The van der Waals surface area contributed by atoms with Gasteiger partial charge in [0.25, 0.3) is 5.91 Å². The molecule has 3 rings (SSSR count). The van der Waals surface area contributed by atoms with Crippen LogP contribution in [0.1, 0.15) is 42.5 Å². The van der Waals surface area contributed by atoms with Crippen LogP contribution in [-0.2, 0) is 0 Å². The number of hydrogen-bond donors (Lipinski definition) is 1. The Kier molecular flexibility index (Phi) is 5.79. The second kappa shape index (κ2) is 8.23. The maximum atomic E-state index is 12.7. The molecular weight excluding hydrogens is 318 g/mol. The lowest BCUT2D eigenvalue weighted by atomic mass is 10.2. The summed E-state index contributed by atoms with van der Waals surface area (Å²) >= 11 is 0. The molecule has 2 fully saturated rings. The predicted molar refractivity (Wildman–Crippen MR) is 95.9 cm³/mol. The first-order valence-corrected chi connectivity index (χ1v) is 9.16. The summed E-state index contributed by atoms with van der Waals surface area (Å²) in [5, 5.41) is 3.13. The average molecular weight is 345 g/mol. The molecule has 0 atom stereocenters. The lowest BCUT2D eigenvalue weighted by molar-refractivity contribution is 0.0762. The summed E-state index contributed by atoms with van der Waals surface area (Å²) in [5.41, 5.74) is 0.628. The standard InChI is InChI=1S/C19H27N3O3/c1-25-17-9-4-6-15(14-17)18(23)21-10-5-11-22(13-12-21)19(24)20-16-7-2-3-8-16/h4,6,9,14,16H,2-3,5,7-8,10-13H2,1H3,(H,20,24). The maximum Gasteiger partial charge on any atom is 0.317 e. The second-order valence-corrected chi connectivity index (χ2v) is 6.80. The molecule has 1 N–H and O–H groups in total. The van der Waals surface area contributed by atoms with Crippen LogP contribution in [0.2, 0.25) is 0 Å². The predicted octanol–water partition coefficient (Wildman–Crippen LogP) is 2.50. The van der Waals surface area contributed by atoms with Gasteiger partial charge in [-0.1, -0.05) is 18.9 Å². The Hall–Kier alpha value is -2.24. The number of urea groups is 1. The van der Waals surface area contributed by atoms with Gasteiger partial charge in [0.1, 0.15) is 5.75 Å². The van der Waals surface area contributed by atoms with Crippen LogP contribution in [0.15, 0.2) is 24.3 Å². The first-order chi connectivity index (χ1) is 12.2. The van der Waals surface area contributed by atoms with Gasteiger partial charge < -0.3 is 19.9 Å². The van der Waals surface area contributed by atoms with Gasteiger partial charge >= 0.3 is 6.03 Å². The van der Waals surface area contributed by atoms with E-state index in [9.17, 15) is 9.59 Å². The number of benzene rings is 1. The molecule has 1 heterocycles. The van der Waals surface area contributed by atoms with Crippen molar-refractivity contribution in [2.24, 2.45) is 0 Å². The summed E-state index contributed by atoms with van der Waals surface area (Å²) in [5.74, 6) is 0.676. The number of carbonyl (C=O) groups is 2. The fourth-order valence-electron chi connectivity index (χ4n) is 3.60. The van der Waals surface area contributed by atoms with Crippen molar-refractivity contribution in [2.45, 2.75) is 38.1 Å². The number of ether oxygens (including phenoxy) is 1. The van der Waals surface area contributed by atoms with E-state index in [1.165, 1.54) is 12.8 Å². The van der Waals surface area contributed by atoms with Crippen LogP contribution in [0.25, 0.3) is 0 Å². The summed E-state index contributed by atoms with van der Waals surface area (Å²) in [7, 11) is 1.59. The van der Waals surface area contributed by atoms with Gasteiger partial charge in [0.05, 0.1) is 7.11 Å². The van der Waals surface area contributed by atoms with E-state index in [1.807, 2.05) is 21.9 Å². The smallest absolute Gasteiger partial charge is 0.317 e. The Labute approximate surface area is 149 Å². The molecule has 2 aliphatic rings. The second-order valence-electron chi connectivity index (χ2n) is 6.80. The number of methoxy groups -OCH3 is 1. The summed E-state index contributed by atoms with van der Waals surface area (Å²) in [4.78, 5) is 28.8. The lowest BCUT2D eigenvalue weighted by Gasteiger charge is -2.24. The summed E-state index contributed by atoms with van der Waals surface area (Å²) < 4.78 is 5.20. The van der Waals surface area contributed by atoms with E-state index in [2.05, 4.69) is 5.32 Å². The summed E-state index contributed by atoms with van der Waals surface area (Å²) in [6.45, 7) is 2.51. The van der Waals surface area contributed by atoms with Crippen LogP contribution < -0.4 is 10.1 Å². The highest BCUT2D eigenvalue weighted by Crippen LogP contribution is 2.19. The third-order valence-corrected chi connectivity index (χ3v) is 5.07. The first-order valence-electron chi connectivity index (χ1n) is 9.16. The third-order valence-electron chi connectivity index (χ3n) is 5.07. The SMILES string of the molecule is COc1cccc(C(=O)N2CCCN(C(=O)NC3CCCC3)CC2)c1. The van der Waals surface area contributed by atoms with E-state index >= 15 is 0 Å². The number of amides is 3. The molecule has 1 aromatic rings. The number of carbonyl (C=O) groups excluding carboxylic acids is 2. The fraction of sp³-hybridized carbons (Fsp3) is 0.579. The highest BCUT2D eigenvalue weighted by molar-refractivity contribution is 5.94. The van der Waals surface area contributed by atoms with Gasteiger partial charge in [0.15, 0.2) is 0 Å². The molecule has 6 nitrogen and oxygen atoms in total. The minimum absolute atomic E-state index is 0.00282. The van der Waals surface area contributed by atoms with Gasteiger partial charge in [0.2, 0.25) is 0 Å². The van der Waals surface area contributed by atoms with Crippen molar-refractivity contribution in [1.29, 1.82) is 0 Å². The minimum atomic E-state index is -0.00282. The molecule has 0 unspecified atom stereocenters. The van der Waals surface area contributed by atoms with Crippen molar-refractivity contribution in [3.05, 3.63) is 29.8 Å². The van der Waals surface area contributed by atoms with Gasteiger partial charge in [-0.25, -0.2) is 4.79 Å². The Morgan fingerprint density at radius 2 is 1.76 bits per heavy atom. The molecule has 0 aromatic heterocycles. The summed E-state index contributed by atoms with van der Waals surface area (Å²) in [6, 6.07) is 7.56. The van der Waals surface area contributed by atoms with E-state index in [4.69, 9.17) is 4.74 Å². The highest BCUT2D eigenvalue weighted by Gasteiger charge is 2.25. The molecule has 3 amide bonds.